The standard InChI is InChI=1S/C12H13N5OS/c1-7(2)17-11(18)15-16-12(17)19-9-3-4-10(14)8(5-9)6-13/h3-5,7H,14H2,1-2H3,(H,15,18). The number of benzene rings is 1. The second kappa shape index (κ2) is 5.20. The number of aromatic nitrogens is 3. The molecule has 6 nitrogen and oxygen atoms in total. The number of aromatic amines is 1. The van der Waals surface area contributed by atoms with Gasteiger partial charge in [0.1, 0.15) is 6.07 Å². The number of hydrogen-bond donors (Lipinski definition) is 2. The van der Waals surface area contributed by atoms with Crippen LogP contribution in [0.15, 0.2) is 33.0 Å². The molecule has 1 heterocycles. The van der Waals surface area contributed by atoms with Crippen molar-refractivity contribution in [3.63, 3.8) is 0 Å². The number of nitrogens with one attached hydrogen (secondary N) is 1. The van der Waals surface area contributed by atoms with Crippen molar-refractivity contribution < 1.29 is 0 Å². The first-order valence-corrected chi connectivity index (χ1v) is 6.49. The molecule has 7 heteroatoms. The highest BCUT2D eigenvalue weighted by Gasteiger charge is 2.13. The highest BCUT2D eigenvalue weighted by molar-refractivity contribution is 7.99. The zero-order valence-electron chi connectivity index (χ0n) is 10.5. The predicted molar refractivity (Wildman–Crippen MR) is 72.9 cm³/mol. The van der Waals surface area contributed by atoms with E-state index in [0.717, 1.165) is 4.90 Å². The van der Waals surface area contributed by atoms with Gasteiger partial charge in [-0.3, -0.25) is 4.57 Å². The Hall–Kier alpha value is -2.20. The SMILES string of the molecule is CC(C)n1c(Sc2ccc(N)c(C#N)c2)n[nH]c1=O. The molecule has 0 bridgehead atoms. The molecule has 0 amide bonds. The van der Waals surface area contributed by atoms with Gasteiger partial charge in [0.2, 0.25) is 0 Å². The van der Waals surface area contributed by atoms with Crippen LogP contribution in [0.4, 0.5) is 5.69 Å². The molecule has 19 heavy (non-hydrogen) atoms. The van der Waals surface area contributed by atoms with Crippen molar-refractivity contribution in [2.75, 3.05) is 5.73 Å². The van der Waals surface area contributed by atoms with Crippen LogP contribution in [0.2, 0.25) is 0 Å². The number of nitrogens with two attached hydrogens (primary N) is 1. The number of rotatable bonds is 3. The van der Waals surface area contributed by atoms with Gasteiger partial charge < -0.3 is 5.73 Å². The molecule has 0 fully saturated rings. The van der Waals surface area contributed by atoms with Crippen molar-refractivity contribution in [2.45, 2.75) is 29.9 Å². The molecule has 0 aliphatic rings. The van der Waals surface area contributed by atoms with E-state index in [9.17, 15) is 4.79 Å². The molecule has 3 N–H and O–H groups in total. The van der Waals surface area contributed by atoms with Gasteiger partial charge in [-0.05, 0) is 43.8 Å². The Bertz CT molecular complexity index is 695. The van der Waals surface area contributed by atoms with Gasteiger partial charge in [0.05, 0.1) is 5.56 Å². The molecule has 1 aromatic carbocycles. The van der Waals surface area contributed by atoms with Crippen LogP contribution in [-0.2, 0) is 0 Å². The molecule has 0 unspecified atom stereocenters. The van der Waals surface area contributed by atoms with E-state index in [1.54, 1.807) is 22.8 Å². The number of H-pyrrole nitrogens is 1. The van der Waals surface area contributed by atoms with Crippen molar-refractivity contribution >= 4 is 17.4 Å². The minimum atomic E-state index is -0.242. The van der Waals surface area contributed by atoms with E-state index in [1.165, 1.54) is 11.8 Å². The van der Waals surface area contributed by atoms with Gasteiger partial charge >= 0.3 is 5.69 Å². The molecule has 2 rings (SSSR count). The van der Waals surface area contributed by atoms with Crippen molar-refractivity contribution in [1.29, 1.82) is 5.26 Å². The Morgan fingerprint density at radius 3 is 2.89 bits per heavy atom. The van der Waals surface area contributed by atoms with Gasteiger partial charge in [-0.2, -0.15) is 5.26 Å². The lowest BCUT2D eigenvalue weighted by Gasteiger charge is -2.08. The molecule has 0 saturated carbocycles. The lowest BCUT2D eigenvalue weighted by molar-refractivity contribution is 0.534. The van der Waals surface area contributed by atoms with E-state index in [0.29, 0.717) is 16.4 Å². The van der Waals surface area contributed by atoms with E-state index in [-0.39, 0.29) is 11.7 Å². The fourth-order valence-electron chi connectivity index (χ4n) is 1.62. The van der Waals surface area contributed by atoms with Crippen LogP contribution in [-0.4, -0.2) is 14.8 Å². The highest BCUT2D eigenvalue weighted by atomic mass is 32.2. The first kappa shape index (κ1) is 13.2. The largest absolute Gasteiger partial charge is 0.398 e. The monoisotopic (exact) mass is 275 g/mol. The fraction of sp³-hybridized carbons (Fsp3) is 0.250. The molecule has 0 radical (unpaired) electrons. The number of nitrogen functional groups attached to an aromatic ring is 1. The van der Waals surface area contributed by atoms with Gasteiger partial charge in [0.15, 0.2) is 5.16 Å². The predicted octanol–water partition coefficient (Wildman–Crippen LogP) is 1.76. The topological polar surface area (TPSA) is 100 Å². The third-order valence-corrected chi connectivity index (χ3v) is 3.50. The Morgan fingerprint density at radius 1 is 1.53 bits per heavy atom. The average molecular weight is 275 g/mol. The van der Waals surface area contributed by atoms with Gasteiger partial charge in [-0.15, -0.1) is 5.10 Å². The van der Waals surface area contributed by atoms with Gasteiger partial charge in [0.25, 0.3) is 0 Å². The summed E-state index contributed by atoms with van der Waals surface area (Å²) in [4.78, 5) is 12.4. The quantitative estimate of drug-likeness (QED) is 0.831. The minimum Gasteiger partial charge on any atom is -0.398 e. The Morgan fingerprint density at radius 2 is 2.26 bits per heavy atom. The summed E-state index contributed by atoms with van der Waals surface area (Å²) < 4.78 is 1.56. The summed E-state index contributed by atoms with van der Waals surface area (Å²) in [7, 11) is 0. The molecule has 0 aliphatic carbocycles. The smallest absolute Gasteiger partial charge is 0.344 e. The normalized spacial score (nSPS) is 10.6. The lowest BCUT2D eigenvalue weighted by atomic mass is 10.2. The molecule has 2 aromatic rings. The molecular formula is C12H13N5OS. The zero-order valence-corrected chi connectivity index (χ0v) is 11.4. The second-order valence-corrected chi connectivity index (χ2v) is 5.28. The summed E-state index contributed by atoms with van der Waals surface area (Å²) in [6, 6.07) is 7.19. The summed E-state index contributed by atoms with van der Waals surface area (Å²) in [6.07, 6.45) is 0. The number of nitrogens with zero attached hydrogens (tertiary/aromatic N) is 3. The van der Waals surface area contributed by atoms with E-state index >= 15 is 0 Å². The highest BCUT2D eigenvalue weighted by Crippen LogP contribution is 2.28. The summed E-state index contributed by atoms with van der Waals surface area (Å²) in [5.41, 5.74) is 6.28. The van der Waals surface area contributed by atoms with Crippen LogP contribution in [0, 0.1) is 11.3 Å². The zero-order chi connectivity index (χ0) is 14.0. The maximum atomic E-state index is 11.6. The number of nitriles is 1. The van der Waals surface area contributed by atoms with Crippen molar-refractivity contribution in [3.8, 4) is 6.07 Å². The molecule has 0 aliphatic heterocycles. The molecule has 1 aromatic heterocycles. The average Bonchev–Trinajstić information content (AvgIpc) is 2.73. The summed E-state index contributed by atoms with van der Waals surface area (Å²) in [5, 5.41) is 15.9. The van der Waals surface area contributed by atoms with Crippen LogP contribution < -0.4 is 11.4 Å². The Labute approximate surface area is 114 Å². The maximum absolute atomic E-state index is 11.6. The van der Waals surface area contributed by atoms with Crippen LogP contribution in [0.3, 0.4) is 0 Å². The van der Waals surface area contributed by atoms with Crippen LogP contribution in [0.5, 0.6) is 0 Å². The third kappa shape index (κ3) is 2.63. The molecule has 0 saturated heterocycles. The van der Waals surface area contributed by atoms with Crippen molar-refractivity contribution in [2.24, 2.45) is 0 Å². The first-order valence-electron chi connectivity index (χ1n) is 5.67. The molecule has 0 atom stereocenters. The summed E-state index contributed by atoms with van der Waals surface area (Å²) in [5.74, 6) is 0. The van der Waals surface area contributed by atoms with E-state index in [2.05, 4.69) is 10.2 Å². The second-order valence-electron chi connectivity index (χ2n) is 4.24. The van der Waals surface area contributed by atoms with Gasteiger partial charge in [0, 0.05) is 16.6 Å². The molecular weight excluding hydrogens is 262 g/mol. The lowest BCUT2D eigenvalue weighted by Crippen LogP contribution is -2.19. The van der Waals surface area contributed by atoms with Crippen LogP contribution in [0.1, 0.15) is 25.5 Å². The Balaban J connectivity index is 2.37. The number of anilines is 1. The van der Waals surface area contributed by atoms with Crippen molar-refractivity contribution in [1.82, 2.24) is 14.8 Å². The fourth-order valence-corrected chi connectivity index (χ4v) is 2.63. The van der Waals surface area contributed by atoms with Gasteiger partial charge in [-0.25, -0.2) is 9.89 Å². The molecule has 98 valence electrons. The van der Waals surface area contributed by atoms with E-state index in [1.807, 2.05) is 19.9 Å². The van der Waals surface area contributed by atoms with Crippen LogP contribution in [0.25, 0.3) is 0 Å². The summed E-state index contributed by atoms with van der Waals surface area (Å²) in [6.45, 7) is 3.81. The van der Waals surface area contributed by atoms with E-state index < -0.39 is 0 Å². The van der Waals surface area contributed by atoms with E-state index in [4.69, 9.17) is 11.0 Å². The minimum absolute atomic E-state index is 0.0120. The number of hydrogen-bond acceptors (Lipinski definition) is 5. The van der Waals surface area contributed by atoms with Crippen molar-refractivity contribution in [3.05, 3.63) is 34.2 Å². The molecule has 0 spiro atoms. The first-order chi connectivity index (χ1) is 9.02. The Kier molecular flexibility index (Phi) is 3.62. The summed E-state index contributed by atoms with van der Waals surface area (Å²) >= 11 is 1.32. The van der Waals surface area contributed by atoms with Crippen LogP contribution >= 0.6 is 11.8 Å². The third-order valence-electron chi connectivity index (χ3n) is 2.54. The maximum Gasteiger partial charge on any atom is 0.344 e. The van der Waals surface area contributed by atoms with Gasteiger partial charge in [-0.1, -0.05) is 0 Å².